The van der Waals surface area contributed by atoms with Gasteiger partial charge in [0, 0.05) is 13.1 Å². The quantitative estimate of drug-likeness (QED) is 0.479. The van der Waals surface area contributed by atoms with Gasteiger partial charge in [0.2, 0.25) is 0 Å². The van der Waals surface area contributed by atoms with E-state index in [1.54, 1.807) is 0 Å². The summed E-state index contributed by atoms with van der Waals surface area (Å²) in [5, 5.41) is 0. The fraction of sp³-hybridized carbons (Fsp3) is 1.00. The minimum absolute atomic E-state index is 0.195. The van der Waals surface area contributed by atoms with E-state index in [2.05, 4.69) is 4.90 Å². The third-order valence-electron chi connectivity index (χ3n) is 1.74. The Hall–Kier alpha value is -0.120. The minimum atomic E-state index is -0.195. The molecule has 1 aliphatic rings. The van der Waals surface area contributed by atoms with Gasteiger partial charge in [-0.1, -0.05) is 0 Å². The van der Waals surface area contributed by atoms with Crippen LogP contribution in [0.25, 0.3) is 0 Å². The van der Waals surface area contributed by atoms with E-state index in [0.29, 0.717) is 6.73 Å². The molecule has 1 fully saturated rings. The van der Waals surface area contributed by atoms with Gasteiger partial charge in [0.25, 0.3) is 0 Å². The van der Waals surface area contributed by atoms with Crippen LogP contribution in [-0.4, -0.2) is 30.3 Å². The highest BCUT2D eigenvalue weighted by Gasteiger charge is 2.15. The lowest BCUT2D eigenvalue weighted by atomic mass is 10.2. The third kappa shape index (κ3) is 4.04. The Bertz CT molecular complexity index is 125. The van der Waals surface area contributed by atoms with Crippen molar-refractivity contribution in [3.63, 3.8) is 0 Å². The highest BCUT2D eigenvalue weighted by atomic mass is 17.2. The van der Waals surface area contributed by atoms with Crippen LogP contribution in [0.15, 0.2) is 0 Å². The fourth-order valence-electron chi connectivity index (χ4n) is 1.19. The largest absolute Gasteiger partial charge is 0.278 e. The van der Waals surface area contributed by atoms with Crippen molar-refractivity contribution in [1.29, 1.82) is 0 Å². The van der Waals surface area contributed by atoms with Crippen LogP contribution in [-0.2, 0) is 9.78 Å². The molecule has 1 aliphatic heterocycles. The molecule has 3 heteroatoms. The third-order valence-corrected chi connectivity index (χ3v) is 1.74. The second kappa shape index (κ2) is 4.21. The normalized spacial score (nSPS) is 20.2. The Kier molecular flexibility index (Phi) is 3.50. The van der Waals surface area contributed by atoms with Crippen LogP contribution in [0.2, 0.25) is 0 Å². The monoisotopic (exact) mass is 173 g/mol. The minimum Gasteiger partial charge on any atom is -0.278 e. The van der Waals surface area contributed by atoms with Crippen LogP contribution in [0.5, 0.6) is 0 Å². The molecular formula is C9H19NO2. The summed E-state index contributed by atoms with van der Waals surface area (Å²) in [6.45, 7) is 8.85. The maximum atomic E-state index is 5.15. The lowest BCUT2D eigenvalue weighted by molar-refractivity contribution is -0.363. The van der Waals surface area contributed by atoms with Crippen LogP contribution in [0.4, 0.5) is 0 Å². The first-order chi connectivity index (χ1) is 5.58. The second-order valence-corrected chi connectivity index (χ2v) is 4.27. The molecule has 0 aromatic rings. The molecular weight excluding hydrogens is 154 g/mol. The van der Waals surface area contributed by atoms with Gasteiger partial charge in [-0.15, -0.1) is 0 Å². The van der Waals surface area contributed by atoms with Crippen molar-refractivity contribution in [3.05, 3.63) is 0 Å². The van der Waals surface area contributed by atoms with Crippen molar-refractivity contribution in [2.45, 2.75) is 39.2 Å². The van der Waals surface area contributed by atoms with E-state index in [9.17, 15) is 0 Å². The number of hydrogen-bond acceptors (Lipinski definition) is 3. The Morgan fingerprint density at radius 2 is 1.75 bits per heavy atom. The second-order valence-electron chi connectivity index (χ2n) is 4.27. The molecule has 0 spiro atoms. The average Bonchev–Trinajstić information content (AvgIpc) is 2.36. The molecule has 0 bridgehead atoms. The summed E-state index contributed by atoms with van der Waals surface area (Å²) in [4.78, 5) is 12.5. The number of nitrogens with zero attached hydrogens (tertiary/aromatic N) is 1. The maximum Gasteiger partial charge on any atom is 0.135 e. The van der Waals surface area contributed by atoms with Crippen LogP contribution >= 0.6 is 0 Å². The zero-order chi connectivity index (χ0) is 9.03. The van der Waals surface area contributed by atoms with Gasteiger partial charge < -0.3 is 0 Å². The van der Waals surface area contributed by atoms with Gasteiger partial charge in [0.15, 0.2) is 0 Å². The first-order valence-corrected chi connectivity index (χ1v) is 4.61. The summed E-state index contributed by atoms with van der Waals surface area (Å²) in [5.41, 5.74) is -0.195. The van der Waals surface area contributed by atoms with E-state index < -0.39 is 0 Å². The van der Waals surface area contributed by atoms with Gasteiger partial charge in [-0.2, -0.15) is 0 Å². The van der Waals surface area contributed by atoms with Crippen LogP contribution in [0.1, 0.15) is 33.6 Å². The van der Waals surface area contributed by atoms with Gasteiger partial charge in [-0.05, 0) is 33.6 Å². The van der Waals surface area contributed by atoms with Crippen LogP contribution in [0.3, 0.4) is 0 Å². The molecule has 0 aromatic carbocycles. The van der Waals surface area contributed by atoms with Crippen molar-refractivity contribution >= 4 is 0 Å². The molecule has 0 radical (unpaired) electrons. The zero-order valence-electron chi connectivity index (χ0n) is 8.30. The molecule has 1 heterocycles. The van der Waals surface area contributed by atoms with Gasteiger partial charge in [-0.3, -0.25) is 4.90 Å². The van der Waals surface area contributed by atoms with Crippen molar-refractivity contribution in [3.8, 4) is 0 Å². The van der Waals surface area contributed by atoms with Crippen molar-refractivity contribution < 1.29 is 9.78 Å². The van der Waals surface area contributed by atoms with Gasteiger partial charge in [0.1, 0.15) is 6.73 Å². The van der Waals surface area contributed by atoms with E-state index >= 15 is 0 Å². The van der Waals surface area contributed by atoms with Crippen LogP contribution < -0.4 is 0 Å². The first-order valence-electron chi connectivity index (χ1n) is 4.61. The summed E-state index contributed by atoms with van der Waals surface area (Å²) < 4.78 is 0. The number of likely N-dealkylation sites (tertiary alicyclic amines) is 1. The van der Waals surface area contributed by atoms with E-state index in [-0.39, 0.29) is 5.60 Å². The molecule has 0 atom stereocenters. The molecule has 0 amide bonds. The lowest BCUT2D eigenvalue weighted by Crippen LogP contribution is -2.27. The summed E-state index contributed by atoms with van der Waals surface area (Å²) in [5.74, 6) is 0. The van der Waals surface area contributed by atoms with Crippen molar-refractivity contribution in [1.82, 2.24) is 4.90 Å². The Labute approximate surface area is 74.6 Å². The predicted octanol–water partition coefficient (Wildman–Crippen LogP) is 1.79. The Balaban J connectivity index is 2.02. The highest BCUT2D eigenvalue weighted by Crippen LogP contribution is 2.10. The van der Waals surface area contributed by atoms with Gasteiger partial charge in [-0.25, -0.2) is 9.78 Å². The van der Waals surface area contributed by atoms with E-state index in [0.717, 1.165) is 13.1 Å². The molecule has 12 heavy (non-hydrogen) atoms. The topological polar surface area (TPSA) is 21.7 Å². The Morgan fingerprint density at radius 1 is 1.17 bits per heavy atom. The average molecular weight is 173 g/mol. The van der Waals surface area contributed by atoms with E-state index in [1.165, 1.54) is 12.8 Å². The molecule has 0 aromatic heterocycles. The molecule has 1 saturated heterocycles. The predicted molar refractivity (Wildman–Crippen MR) is 47.6 cm³/mol. The summed E-state index contributed by atoms with van der Waals surface area (Å²) in [6.07, 6.45) is 2.58. The molecule has 72 valence electrons. The Morgan fingerprint density at radius 3 is 2.25 bits per heavy atom. The zero-order valence-corrected chi connectivity index (χ0v) is 8.30. The maximum absolute atomic E-state index is 5.15. The molecule has 1 rings (SSSR count). The lowest BCUT2D eigenvalue weighted by Gasteiger charge is -2.20. The first kappa shape index (κ1) is 9.96. The molecule has 0 saturated carbocycles. The summed E-state index contributed by atoms with van der Waals surface area (Å²) >= 11 is 0. The summed E-state index contributed by atoms with van der Waals surface area (Å²) in [7, 11) is 0. The molecule has 0 aliphatic carbocycles. The molecule has 0 N–H and O–H groups in total. The number of rotatable bonds is 3. The van der Waals surface area contributed by atoms with Gasteiger partial charge in [0.05, 0.1) is 5.60 Å². The fourth-order valence-corrected chi connectivity index (χ4v) is 1.19. The number of hydrogen-bond donors (Lipinski definition) is 0. The van der Waals surface area contributed by atoms with E-state index in [4.69, 9.17) is 9.78 Å². The molecule has 0 unspecified atom stereocenters. The smallest absolute Gasteiger partial charge is 0.135 e. The van der Waals surface area contributed by atoms with Crippen molar-refractivity contribution in [2.24, 2.45) is 0 Å². The van der Waals surface area contributed by atoms with Gasteiger partial charge >= 0.3 is 0 Å². The standard InChI is InChI=1S/C9H19NO2/c1-9(2,3)12-11-8-10-6-4-5-7-10/h4-8H2,1-3H3. The SMILES string of the molecule is CC(C)(C)OOCN1CCCC1. The highest BCUT2D eigenvalue weighted by molar-refractivity contribution is 4.61. The van der Waals surface area contributed by atoms with Crippen molar-refractivity contribution in [2.75, 3.05) is 19.8 Å². The van der Waals surface area contributed by atoms with Crippen LogP contribution in [0, 0.1) is 0 Å². The summed E-state index contributed by atoms with van der Waals surface area (Å²) in [6, 6.07) is 0. The molecule has 3 nitrogen and oxygen atoms in total. The van der Waals surface area contributed by atoms with E-state index in [1.807, 2.05) is 20.8 Å².